The average molecular weight is 317 g/mol. The highest BCUT2D eigenvalue weighted by Gasteiger charge is 2.17. The monoisotopic (exact) mass is 317 g/mol. The minimum atomic E-state index is -0.502. The minimum absolute atomic E-state index is 0.000954. The van der Waals surface area contributed by atoms with Crippen LogP contribution in [0.2, 0.25) is 0 Å². The van der Waals surface area contributed by atoms with Gasteiger partial charge in [-0.05, 0) is 17.7 Å². The molecule has 0 N–H and O–H groups in total. The second kappa shape index (κ2) is 6.78. The van der Waals surface area contributed by atoms with Gasteiger partial charge >= 0.3 is 0 Å². The van der Waals surface area contributed by atoms with Gasteiger partial charge in [0.05, 0.1) is 26.3 Å². The Kier molecular flexibility index (Phi) is 4.80. The zero-order valence-corrected chi connectivity index (χ0v) is 12.9. The molecule has 0 aliphatic carbocycles. The number of non-ortho nitro benzene ring substituents is 1. The number of benzene rings is 1. The number of nitro benzene ring substituents is 1. The second-order valence-electron chi connectivity index (χ2n) is 4.52. The Hall–Kier alpha value is -3.09. The maximum atomic E-state index is 12.6. The minimum Gasteiger partial charge on any atom is -0.493 e. The Balaban J connectivity index is 2.80. The van der Waals surface area contributed by atoms with Crippen LogP contribution in [0.3, 0.4) is 0 Å². The van der Waals surface area contributed by atoms with Crippen molar-refractivity contribution in [3.8, 4) is 28.4 Å². The molecule has 120 valence electrons. The normalized spacial score (nSPS) is 10.0. The van der Waals surface area contributed by atoms with Gasteiger partial charge in [0.1, 0.15) is 0 Å². The van der Waals surface area contributed by atoms with Gasteiger partial charge in [0.25, 0.3) is 11.1 Å². The molecular weight excluding hydrogens is 302 g/mol. The molecule has 0 bridgehead atoms. The van der Waals surface area contributed by atoms with E-state index in [2.05, 4.69) is 0 Å². The Labute approximate surface area is 132 Å². The Morgan fingerprint density at radius 1 is 0.957 bits per heavy atom. The second-order valence-corrected chi connectivity index (χ2v) is 4.52. The van der Waals surface area contributed by atoms with Gasteiger partial charge in [0.2, 0.25) is 5.75 Å². The molecule has 0 saturated carbocycles. The average Bonchev–Trinajstić information content (AvgIpc) is 2.70. The van der Waals surface area contributed by atoms with Crippen LogP contribution in [0, 0.1) is 10.1 Å². The zero-order valence-electron chi connectivity index (χ0n) is 12.9. The number of rotatable bonds is 5. The van der Waals surface area contributed by atoms with Crippen molar-refractivity contribution in [1.82, 2.24) is 0 Å². The van der Waals surface area contributed by atoms with Gasteiger partial charge in [-0.25, -0.2) is 0 Å². The van der Waals surface area contributed by atoms with Gasteiger partial charge < -0.3 is 14.2 Å². The van der Waals surface area contributed by atoms with Crippen molar-refractivity contribution in [2.75, 3.05) is 21.3 Å². The Morgan fingerprint density at radius 2 is 1.65 bits per heavy atom. The third-order valence-corrected chi connectivity index (χ3v) is 3.28. The molecule has 0 unspecified atom stereocenters. The van der Waals surface area contributed by atoms with Gasteiger partial charge in [-0.15, -0.1) is 0 Å². The zero-order chi connectivity index (χ0) is 17.0. The molecule has 2 aromatic rings. The standard InChI is InChI=1S/C16H15NO6/c1-21-13-8-7-12(15(22-2)14(18)16(13)23-3)10-5-4-6-11(9-10)17(19)20/h4-9H,1-3H3. The van der Waals surface area contributed by atoms with Crippen molar-refractivity contribution in [3.05, 3.63) is 56.7 Å². The van der Waals surface area contributed by atoms with Crippen molar-refractivity contribution >= 4 is 5.69 Å². The summed E-state index contributed by atoms with van der Waals surface area (Å²) in [5.41, 5.74) is 0.303. The number of nitro groups is 1. The molecular formula is C16H15NO6. The van der Waals surface area contributed by atoms with Crippen LogP contribution >= 0.6 is 0 Å². The SMILES string of the molecule is COc1ccc(-c2cccc([N+](=O)[O-])c2)c(OC)c(=O)c1OC. The molecule has 0 aromatic heterocycles. The van der Waals surface area contributed by atoms with Crippen molar-refractivity contribution in [2.45, 2.75) is 0 Å². The number of nitrogens with zero attached hydrogens (tertiary/aromatic N) is 1. The van der Waals surface area contributed by atoms with Crippen LogP contribution in [0.5, 0.6) is 17.2 Å². The Bertz CT molecular complexity index is 803. The lowest BCUT2D eigenvalue weighted by Gasteiger charge is -2.05. The summed E-state index contributed by atoms with van der Waals surface area (Å²) in [7, 11) is 4.12. The molecule has 7 heteroatoms. The third kappa shape index (κ3) is 3.08. The highest BCUT2D eigenvalue weighted by molar-refractivity contribution is 5.73. The topological polar surface area (TPSA) is 87.9 Å². The maximum Gasteiger partial charge on any atom is 0.270 e. The summed E-state index contributed by atoms with van der Waals surface area (Å²) in [6, 6.07) is 9.09. The van der Waals surface area contributed by atoms with Crippen LogP contribution in [0.1, 0.15) is 0 Å². The van der Waals surface area contributed by atoms with Crippen molar-refractivity contribution in [1.29, 1.82) is 0 Å². The van der Waals surface area contributed by atoms with Crippen LogP contribution in [0.15, 0.2) is 41.2 Å². The summed E-state index contributed by atoms with van der Waals surface area (Å²) >= 11 is 0. The lowest BCUT2D eigenvalue weighted by Crippen LogP contribution is -2.08. The van der Waals surface area contributed by atoms with E-state index in [0.29, 0.717) is 11.1 Å². The first-order valence-electron chi connectivity index (χ1n) is 6.61. The maximum absolute atomic E-state index is 12.6. The van der Waals surface area contributed by atoms with Gasteiger partial charge in [-0.3, -0.25) is 14.9 Å². The number of methoxy groups -OCH3 is 3. The molecule has 2 aromatic carbocycles. The number of hydrogen-bond acceptors (Lipinski definition) is 6. The summed E-state index contributed by atoms with van der Waals surface area (Å²) < 4.78 is 15.5. The third-order valence-electron chi connectivity index (χ3n) is 3.28. The summed E-state index contributed by atoms with van der Waals surface area (Å²) in [5, 5.41) is 10.9. The highest BCUT2D eigenvalue weighted by atomic mass is 16.6. The number of hydrogen-bond donors (Lipinski definition) is 0. The van der Waals surface area contributed by atoms with Crippen LogP contribution in [0.4, 0.5) is 5.69 Å². The van der Waals surface area contributed by atoms with E-state index in [1.54, 1.807) is 24.3 Å². The summed E-state index contributed by atoms with van der Waals surface area (Å²) in [6.45, 7) is 0. The molecule has 0 radical (unpaired) electrons. The van der Waals surface area contributed by atoms with E-state index >= 15 is 0 Å². The molecule has 0 heterocycles. The Morgan fingerprint density at radius 3 is 2.22 bits per heavy atom. The van der Waals surface area contributed by atoms with Crippen LogP contribution < -0.4 is 19.6 Å². The fourth-order valence-electron chi connectivity index (χ4n) is 2.22. The first-order valence-corrected chi connectivity index (χ1v) is 6.61. The van der Waals surface area contributed by atoms with E-state index < -0.39 is 10.4 Å². The molecule has 0 amide bonds. The van der Waals surface area contributed by atoms with Gasteiger partial charge in [0, 0.05) is 17.7 Å². The van der Waals surface area contributed by atoms with Crippen LogP contribution in [-0.2, 0) is 0 Å². The van der Waals surface area contributed by atoms with E-state index in [9.17, 15) is 14.9 Å². The van der Waals surface area contributed by atoms with Gasteiger partial charge in [-0.2, -0.15) is 0 Å². The molecule has 2 rings (SSSR count). The van der Waals surface area contributed by atoms with E-state index in [1.165, 1.54) is 33.5 Å². The summed E-state index contributed by atoms with van der Waals surface area (Å²) in [5.74, 6) is 0.263. The van der Waals surface area contributed by atoms with E-state index in [4.69, 9.17) is 14.2 Å². The molecule has 0 aliphatic rings. The fourth-order valence-corrected chi connectivity index (χ4v) is 2.22. The smallest absolute Gasteiger partial charge is 0.270 e. The molecule has 7 nitrogen and oxygen atoms in total. The molecule has 0 fully saturated rings. The molecule has 0 spiro atoms. The van der Waals surface area contributed by atoms with Crippen molar-refractivity contribution in [2.24, 2.45) is 0 Å². The first kappa shape index (κ1) is 16.3. The molecule has 0 atom stereocenters. The quantitative estimate of drug-likeness (QED) is 0.622. The molecule has 0 aliphatic heterocycles. The highest BCUT2D eigenvalue weighted by Crippen LogP contribution is 2.33. The molecule has 0 saturated heterocycles. The lowest BCUT2D eigenvalue weighted by molar-refractivity contribution is -0.384. The summed E-state index contributed by atoms with van der Waals surface area (Å²) in [4.78, 5) is 23.0. The largest absolute Gasteiger partial charge is 0.493 e. The predicted octanol–water partition coefficient (Wildman–Crippen LogP) is 2.65. The summed E-state index contributed by atoms with van der Waals surface area (Å²) in [6.07, 6.45) is 0. The number of ether oxygens (including phenoxy) is 3. The fraction of sp³-hybridized carbons (Fsp3) is 0.188. The van der Waals surface area contributed by atoms with Gasteiger partial charge in [0.15, 0.2) is 11.5 Å². The van der Waals surface area contributed by atoms with Crippen LogP contribution in [-0.4, -0.2) is 26.3 Å². The van der Waals surface area contributed by atoms with E-state index in [0.717, 1.165) is 0 Å². The van der Waals surface area contributed by atoms with Crippen molar-refractivity contribution in [3.63, 3.8) is 0 Å². The molecule has 23 heavy (non-hydrogen) atoms. The van der Waals surface area contributed by atoms with Crippen LogP contribution in [0.25, 0.3) is 11.1 Å². The van der Waals surface area contributed by atoms with E-state index in [-0.39, 0.29) is 22.9 Å². The van der Waals surface area contributed by atoms with Crippen molar-refractivity contribution < 1.29 is 19.1 Å². The lowest BCUT2D eigenvalue weighted by atomic mass is 10.1. The van der Waals surface area contributed by atoms with E-state index in [1.807, 2.05) is 0 Å². The first-order chi connectivity index (χ1) is 11.0. The van der Waals surface area contributed by atoms with Gasteiger partial charge in [-0.1, -0.05) is 12.1 Å². The predicted molar refractivity (Wildman–Crippen MR) is 84.5 cm³/mol.